The predicted octanol–water partition coefficient (Wildman–Crippen LogP) is 3.39. The van der Waals surface area contributed by atoms with E-state index >= 15 is 0 Å². The molecule has 1 heterocycles. The second kappa shape index (κ2) is 8.42. The van der Waals surface area contributed by atoms with E-state index in [9.17, 15) is 14.9 Å². The monoisotopic (exact) mass is 397 g/mol. The minimum absolute atomic E-state index is 0.0736. The summed E-state index contributed by atoms with van der Waals surface area (Å²) >= 11 is 0. The first-order valence-corrected chi connectivity index (χ1v) is 8.73. The summed E-state index contributed by atoms with van der Waals surface area (Å²) in [5, 5.41) is 16.2. The summed E-state index contributed by atoms with van der Waals surface area (Å²) in [6.45, 7) is 2.11. The van der Waals surface area contributed by atoms with Crippen molar-refractivity contribution in [1.29, 1.82) is 0 Å². The first-order valence-electron chi connectivity index (χ1n) is 8.73. The first-order chi connectivity index (χ1) is 14.0. The normalized spacial score (nSPS) is 14.7. The smallest absolute Gasteiger partial charge is 0.284 e. The number of hydrogen-bond donors (Lipinski definition) is 0. The number of carbonyl (C=O) groups excluding carboxylic acids is 1. The van der Waals surface area contributed by atoms with E-state index in [2.05, 4.69) is 5.10 Å². The molecule has 0 bridgehead atoms. The van der Waals surface area contributed by atoms with Crippen LogP contribution < -0.4 is 14.5 Å². The molecule has 0 fully saturated rings. The number of rotatable bonds is 6. The minimum atomic E-state index is -0.507. The van der Waals surface area contributed by atoms with Crippen LogP contribution in [0.15, 0.2) is 53.1 Å². The Balaban J connectivity index is 1.97. The summed E-state index contributed by atoms with van der Waals surface area (Å²) in [6, 6.07) is 10.8. The number of carbonyl (C=O) groups is 1. The van der Waals surface area contributed by atoms with Crippen LogP contribution in [0.1, 0.15) is 12.5 Å². The van der Waals surface area contributed by atoms with Gasteiger partial charge in [0.1, 0.15) is 5.57 Å². The number of methoxy groups -OCH3 is 2. The van der Waals surface area contributed by atoms with Gasteiger partial charge in [-0.1, -0.05) is 6.07 Å². The number of nitro benzene ring substituents is 1. The van der Waals surface area contributed by atoms with Crippen LogP contribution in [0.2, 0.25) is 0 Å². The Morgan fingerprint density at radius 2 is 1.79 bits per heavy atom. The van der Waals surface area contributed by atoms with Crippen molar-refractivity contribution >= 4 is 29.3 Å². The fourth-order valence-electron chi connectivity index (χ4n) is 2.76. The second-order valence-electron chi connectivity index (χ2n) is 5.90. The van der Waals surface area contributed by atoms with E-state index in [4.69, 9.17) is 14.2 Å². The predicted molar refractivity (Wildman–Crippen MR) is 107 cm³/mol. The zero-order valence-corrected chi connectivity index (χ0v) is 16.1. The number of non-ortho nitro benzene ring substituents is 1. The molecule has 9 heteroatoms. The van der Waals surface area contributed by atoms with Crippen molar-refractivity contribution in [3.05, 3.63) is 63.7 Å². The number of ether oxygens (including phenoxy) is 3. The number of hydrazone groups is 1. The van der Waals surface area contributed by atoms with Crippen LogP contribution in [-0.2, 0) is 9.53 Å². The largest absolute Gasteiger partial charge is 0.493 e. The van der Waals surface area contributed by atoms with Crippen LogP contribution in [0.4, 0.5) is 11.4 Å². The van der Waals surface area contributed by atoms with Crippen LogP contribution in [0.25, 0.3) is 6.08 Å². The molecular formula is C20H19N3O6. The van der Waals surface area contributed by atoms with Crippen LogP contribution >= 0.6 is 0 Å². The van der Waals surface area contributed by atoms with Crippen molar-refractivity contribution in [1.82, 2.24) is 0 Å². The average molecular weight is 397 g/mol. The van der Waals surface area contributed by atoms with E-state index in [1.165, 1.54) is 31.4 Å². The van der Waals surface area contributed by atoms with Crippen molar-refractivity contribution in [3.63, 3.8) is 0 Å². The summed E-state index contributed by atoms with van der Waals surface area (Å²) in [7, 11) is 3.07. The van der Waals surface area contributed by atoms with E-state index < -0.39 is 10.8 Å². The van der Waals surface area contributed by atoms with Crippen molar-refractivity contribution < 1.29 is 23.9 Å². The fraction of sp³-hybridized carbons (Fsp3) is 0.200. The maximum atomic E-state index is 13.0. The van der Waals surface area contributed by atoms with Gasteiger partial charge in [-0.2, -0.15) is 5.01 Å². The highest BCUT2D eigenvalue weighted by atomic mass is 16.6. The van der Waals surface area contributed by atoms with E-state index in [-0.39, 0.29) is 17.2 Å². The lowest BCUT2D eigenvalue weighted by Gasteiger charge is -2.11. The lowest BCUT2D eigenvalue weighted by atomic mass is 10.1. The molecule has 1 amide bonds. The van der Waals surface area contributed by atoms with Crippen LogP contribution in [0.3, 0.4) is 0 Å². The third-order valence-corrected chi connectivity index (χ3v) is 4.15. The van der Waals surface area contributed by atoms with Gasteiger partial charge in [-0.3, -0.25) is 14.9 Å². The molecule has 1 aliphatic rings. The number of amides is 1. The quantitative estimate of drug-likeness (QED) is 0.420. The van der Waals surface area contributed by atoms with Crippen molar-refractivity contribution in [2.75, 3.05) is 25.8 Å². The Hall–Kier alpha value is -3.88. The second-order valence-corrected chi connectivity index (χ2v) is 5.90. The molecule has 2 aromatic carbocycles. The molecule has 0 unspecified atom stereocenters. The molecule has 0 aromatic heterocycles. The van der Waals surface area contributed by atoms with Gasteiger partial charge in [-0.15, -0.1) is 5.10 Å². The Kier molecular flexibility index (Phi) is 5.77. The zero-order valence-electron chi connectivity index (χ0n) is 16.1. The van der Waals surface area contributed by atoms with Crippen LogP contribution in [0.5, 0.6) is 11.5 Å². The minimum Gasteiger partial charge on any atom is -0.493 e. The van der Waals surface area contributed by atoms with Gasteiger partial charge >= 0.3 is 0 Å². The highest BCUT2D eigenvalue weighted by Crippen LogP contribution is 2.31. The van der Waals surface area contributed by atoms with Crippen molar-refractivity contribution in [2.45, 2.75) is 6.92 Å². The molecule has 2 aromatic rings. The van der Waals surface area contributed by atoms with Gasteiger partial charge in [0.15, 0.2) is 11.5 Å². The molecule has 0 radical (unpaired) electrons. The maximum Gasteiger partial charge on any atom is 0.284 e. The van der Waals surface area contributed by atoms with Gasteiger partial charge in [0, 0.05) is 12.1 Å². The van der Waals surface area contributed by atoms with E-state index in [1.807, 2.05) is 0 Å². The Bertz CT molecular complexity index is 998. The molecule has 150 valence electrons. The third kappa shape index (κ3) is 4.03. The highest BCUT2D eigenvalue weighted by molar-refractivity contribution is 6.30. The van der Waals surface area contributed by atoms with Crippen molar-refractivity contribution in [3.8, 4) is 11.5 Å². The number of anilines is 1. The molecule has 0 atom stereocenters. The Morgan fingerprint density at radius 3 is 2.38 bits per heavy atom. The molecule has 1 aliphatic heterocycles. The molecule has 3 rings (SSSR count). The number of nitro groups is 1. The fourth-order valence-corrected chi connectivity index (χ4v) is 2.76. The lowest BCUT2D eigenvalue weighted by molar-refractivity contribution is -0.384. The summed E-state index contributed by atoms with van der Waals surface area (Å²) < 4.78 is 16.1. The van der Waals surface area contributed by atoms with Crippen LogP contribution in [-0.4, -0.2) is 37.6 Å². The average Bonchev–Trinajstić information content (AvgIpc) is 3.03. The molecule has 9 nitrogen and oxygen atoms in total. The number of hydrogen-bond acceptors (Lipinski definition) is 7. The van der Waals surface area contributed by atoms with E-state index in [1.54, 1.807) is 38.3 Å². The number of benzene rings is 2. The van der Waals surface area contributed by atoms with E-state index in [0.29, 0.717) is 29.4 Å². The lowest BCUT2D eigenvalue weighted by Crippen LogP contribution is -2.21. The SMILES string of the molecule is CCOC1=NN(c2ccc([N+](=O)[O-])cc2)C(=O)/C1=C\c1ccc(OC)c(OC)c1. The standard InChI is InChI=1S/C20H19N3O6/c1-4-29-19-16(11-13-5-10-17(27-2)18(12-13)28-3)20(24)22(21-19)14-6-8-15(9-7-14)23(25)26/h5-12H,4H2,1-3H3/b16-11-. The van der Waals surface area contributed by atoms with Gasteiger partial charge in [0.05, 0.1) is 31.4 Å². The third-order valence-electron chi connectivity index (χ3n) is 4.15. The van der Waals surface area contributed by atoms with Gasteiger partial charge < -0.3 is 14.2 Å². The topological polar surface area (TPSA) is 104 Å². The summed E-state index contributed by atoms with van der Waals surface area (Å²) in [5.41, 5.74) is 1.28. The molecule has 29 heavy (non-hydrogen) atoms. The highest BCUT2D eigenvalue weighted by Gasteiger charge is 2.33. The molecule has 0 saturated heterocycles. The van der Waals surface area contributed by atoms with Crippen molar-refractivity contribution in [2.24, 2.45) is 5.10 Å². The summed E-state index contributed by atoms with van der Waals surface area (Å²) in [5.74, 6) is 0.857. The van der Waals surface area contributed by atoms with Gasteiger partial charge in [-0.05, 0) is 42.8 Å². The summed E-state index contributed by atoms with van der Waals surface area (Å²) in [4.78, 5) is 23.3. The van der Waals surface area contributed by atoms with Gasteiger partial charge in [-0.25, -0.2) is 0 Å². The Labute approximate surface area is 166 Å². The molecule has 0 aliphatic carbocycles. The summed E-state index contributed by atoms with van der Waals surface area (Å²) in [6.07, 6.45) is 1.64. The first kappa shape index (κ1) is 19.9. The van der Waals surface area contributed by atoms with E-state index in [0.717, 1.165) is 5.01 Å². The zero-order chi connectivity index (χ0) is 21.0. The molecule has 0 saturated carbocycles. The molecule has 0 N–H and O–H groups in total. The Morgan fingerprint density at radius 1 is 1.10 bits per heavy atom. The van der Waals surface area contributed by atoms with Gasteiger partial charge in [0.2, 0.25) is 5.90 Å². The molecule has 0 spiro atoms. The number of nitrogens with zero attached hydrogens (tertiary/aromatic N) is 3. The molecular weight excluding hydrogens is 378 g/mol. The maximum absolute atomic E-state index is 13.0. The van der Waals surface area contributed by atoms with Crippen LogP contribution in [0, 0.1) is 10.1 Å². The van der Waals surface area contributed by atoms with Gasteiger partial charge in [0.25, 0.3) is 11.6 Å².